The number of aliphatic hydroxyl groups excluding tert-OH is 8. The van der Waals surface area contributed by atoms with Gasteiger partial charge in [-0.3, -0.25) is 4.79 Å². The third kappa shape index (κ3) is 19.0. The van der Waals surface area contributed by atoms with Gasteiger partial charge in [-0.1, -0.05) is 128 Å². The Kier molecular flexibility index (Phi) is 27.6. The van der Waals surface area contributed by atoms with Crippen LogP contribution in [-0.4, -0.2) is 140 Å². The SMILES string of the molecule is CCCCCCCCCCC/C=C/CC/C=C/C(O)C(COC1OC(CO)C(OC2OC(CO)C(O)C(O)C2O)C(O)C1O)NC(=O)CCCCCCCCC. The highest BCUT2D eigenvalue weighted by Crippen LogP contribution is 2.30. The maximum atomic E-state index is 13.0. The zero-order chi connectivity index (χ0) is 41.1. The van der Waals surface area contributed by atoms with Gasteiger partial charge < -0.3 is 65.1 Å². The van der Waals surface area contributed by atoms with E-state index >= 15 is 0 Å². The zero-order valence-electron chi connectivity index (χ0n) is 34.1. The fourth-order valence-electron chi connectivity index (χ4n) is 7.01. The molecular weight excluding hydrogens is 726 g/mol. The van der Waals surface area contributed by atoms with E-state index in [0.29, 0.717) is 12.8 Å². The molecule has 14 heteroatoms. The predicted molar refractivity (Wildman–Crippen MR) is 212 cm³/mol. The Morgan fingerprint density at radius 3 is 1.75 bits per heavy atom. The molecule has 0 aromatic rings. The lowest BCUT2D eigenvalue weighted by Gasteiger charge is -2.46. The Morgan fingerprint density at radius 2 is 1.14 bits per heavy atom. The average Bonchev–Trinajstić information content (AvgIpc) is 3.19. The standard InChI is InChI=1S/C42H77NO13/c1-3-5-7-9-11-12-13-14-15-16-17-18-20-21-23-25-31(46)30(43-34(47)26-24-22-19-10-8-6-4-2)29-53-41-39(52)37(50)40(33(28-45)55-41)56-42-38(51)36(49)35(48)32(27-44)54-42/h17-18,23,25,30-33,35-42,44-46,48-52H,3-16,19-22,24,26-29H2,1-2H3,(H,43,47)/b18-17+,25-23+. The number of amides is 1. The molecule has 0 spiro atoms. The average molecular weight is 804 g/mol. The van der Waals surface area contributed by atoms with Gasteiger partial charge in [-0.15, -0.1) is 0 Å². The first-order chi connectivity index (χ1) is 27.1. The van der Waals surface area contributed by atoms with E-state index in [9.17, 15) is 45.6 Å². The minimum absolute atomic E-state index is 0.259. The lowest BCUT2D eigenvalue weighted by molar-refractivity contribution is -0.359. The van der Waals surface area contributed by atoms with Crippen molar-refractivity contribution in [1.82, 2.24) is 5.32 Å². The Hall–Kier alpha value is -1.53. The molecule has 0 aliphatic carbocycles. The van der Waals surface area contributed by atoms with Crippen LogP contribution in [0.1, 0.15) is 142 Å². The molecule has 2 rings (SSSR count). The minimum Gasteiger partial charge on any atom is -0.394 e. The number of allylic oxidation sites excluding steroid dienone is 3. The van der Waals surface area contributed by atoms with Gasteiger partial charge in [0.25, 0.3) is 0 Å². The molecule has 0 bridgehead atoms. The lowest BCUT2D eigenvalue weighted by atomic mass is 9.97. The molecule has 2 aliphatic heterocycles. The summed E-state index contributed by atoms with van der Waals surface area (Å²) in [5.74, 6) is -0.259. The minimum atomic E-state index is -1.79. The monoisotopic (exact) mass is 804 g/mol. The molecular formula is C42H77NO13. The topological polar surface area (TPSA) is 228 Å². The third-order valence-corrected chi connectivity index (χ3v) is 10.6. The molecule has 2 saturated heterocycles. The summed E-state index contributed by atoms with van der Waals surface area (Å²) in [6, 6.07) is -0.922. The molecule has 56 heavy (non-hydrogen) atoms. The van der Waals surface area contributed by atoms with E-state index in [1.54, 1.807) is 6.08 Å². The summed E-state index contributed by atoms with van der Waals surface area (Å²) in [6.45, 7) is 2.67. The summed E-state index contributed by atoms with van der Waals surface area (Å²) >= 11 is 0. The molecule has 2 fully saturated rings. The number of hydrogen-bond donors (Lipinski definition) is 9. The second kappa shape index (κ2) is 30.5. The highest BCUT2D eigenvalue weighted by atomic mass is 16.7. The second-order valence-corrected chi connectivity index (χ2v) is 15.5. The molecule has 2 aliphatic rings. The van der Waals surface area contributed by atoms with E-state index in [1.165, 1.54) is 70.6 Å². The Morgan fingerprint density at radius 1 is 0.625 bits per heavy atom. The van der Waals surface area contributed by atoms with Crippen LogP contribution < -0.4 is 5.32 Å². The molecule has 1 amide bonds. The van der Waals surface area contributed by atoms with Crippen molar-refractivity contribution < 1.29 is 64.6 Å². The summed E-state index contributed by atoms with van der Waals surface area (Å²) in [7, 11) is 0. The van der Waals surface area contributed by atoms with E-state index in [4.69, 9.17) is 18.9 Å². The number of rotatable bonds is 31. The fourth-order valence-corrected chi connectivity index (χ4v) is 7.01. The Labute approximate surface area is 335 Å². The van der Waals surface area contributed by atoms with Crippen molar-refractivity contribution in [1.29, 1.82) is 0 Å². The summed E-state index contributed by atoms with van der Waals surface area (Å²) in [5.41, 5.74) is 0. The lowest BCUT2D eigenvalue weighted by Crippen LogP contribution is -2.65. The largest absolute Gasteiger partial charge is 0.394 e. The van der Waals surface area contributed by atoms with Gasteiger partial charge in [0.1, 0.15) is 48.8 Å². The van der Waals surface area contributed by atoms with Crippen molar-refractivity contribution in [2.45, 2.75) is 216 Å². The van der Waals surface area contributed by atoms with Gasteiger partial charge in [-0.05, 0) is 32.1 Å². The quantitative estimate of drug-likeness (QED) is 0.0362. The van der Waals surface area contributed by atoms with Crippen LogP contribution in [0.25, 0.3) is 0 Å². The first-order valence-electron chi connectivity index (χ1n) is 21.6. The molecule has 328 valence electrons. The molecule has 0 aromatic carbocycles. The highest BCUT2D eigenvalue weighted by molar-refractivity contribution is 5.76. The highest BCUT2D eigenvalue weighted by Gasteiger charge is 2.50. The van der Waals surface area contributed by atoms with Crippen LogP contribution in [-0.2, 0) is 23.7 Å². The van der Waals surface area contributed by atoms with Crippen LogP contribution >= 0.6 is 0 Å². The molecule has 9 N–H and O–H groups in total. The summed E-state index contributed by atoms with van der Waals surface area (Å²) < 4.78 is 22.5. The third-order valence-electron chi connectivity index (χ3n) is 10.6. The van der Waals surface area contributed by atoms with Crippen LogP contribution in [0.3, 0.4) is 0 Å². The molecule has 0 aromatic heterocycles. The molecule has 14 nitrogen and oxygen atoms in total. The van der Waals surface area contributed by atoms with Crippen molar-refractivity contribution >= 4 is 5.91 Å². The van der Waals surface area contributed by atoms with E-state index in [0.717, 1.165) is 38.5 Å². The number of ether oxygens (including phenoxy) is 4. The van der Waals surface area contributed by atoms with E-state index in [1.807, 2.05) is 6.08 Å². The maximum absolute atomic E-state index is 13.0. The van der Waals surface area contributed by atoms with Crippen LogP contribution in [0.5, 0.6) is 0 Å². The molecule has 0 saturated carbocycles. The second-order valence-electron chi connectivity index (χ2n) is 15.5. The number of hydrogen-bond acceptors (Lipinski definition) is 13. The molecule has 12 atom stereocenters. The van der Waals surface area contributed by atoms with Crippen molar-refractivity contribution in [2.24, 2.45) is 0 Å². The summed E-state index contributed by atoms with van der Waals surface area (Å²) in [4.78, 5) is 13.0. The van der Waals surface area contributed by atoms with Crippen LogP contribution in [0.2, 0.25) is 0 Å². The van der Waals surface area contributed by atoms with Crippen molar-refractivity contribution in [2.75, 3.05) is 19.8 Å². The molecule has 0 radical (unpaired) electrons. The van der Waals surface area contributed by atoms with Gasteiger partial charge >= 0.3 is 0 Å². The van der Waals surface area contributed by atoms with Crippen LogP contribution in [0.4, 0.5) is 0 Å². The van der Waals surface area contributed by atoms with Gasteiger partial charge in [0.05, 0.1) is 32.0 Å². The van der Waals surface area contributed by atoms with Gasteiger partial charge in [-0.25, -0.2) is 0 Å². The van der Waals surface area contributed by atoms with Gasteiger partial charge in [0, 0.05) is 6.42 Å². The Balaban J connectivity index is 1.93. The zero-order valence-corrected chi connectivity index (χ0v) is 34.1. The number of nitrogens with one attached hydrogen (secondary N) is 1. The number of unbranched alkanes of at least 4 members (excludes halogenated alkanes) is 16. The number of carbonyl (C=O) groups is 1. The molecule has 12 unspecified atom stereocenters. The van der Waals surface area contributed by atoms with Gasteiger partial charge in [0.2, 0.25) is 5.91 Å². The predicted octanol–water partition coefficient (Wildman–Crippen LogP) is 3.43. The van der Waals surface area contributed by atoms with Crippen LogP contribution in [0, 0.1) is 0 Å². The fraction of sp³-hybridized carbons (Fsp3) is 0.881. The van der Waals surface area contributed by atoms with E-state index in [-0.39, 0.29) is 18.9 Å². The van der Waals surface area contributed by atoms with Crippen molar-refractivity contribution in [3.63, 3.8) is 0 Å². The van der Waals surface area contributed by atoms with Crippen molar-refractivity contribution in [3.8, 4) is 0 Å². The van der Waals surface area contributed by atoms with Crippen molar-refractivity contribution in [3.05, 3.63) is 24.3 Å². The van der Waals surface area contributed by atoms with E-state index in [2.05, 4.69) is 31.3 Å². The smallest absolute Gasteiger partial charge is 0.220 e. The number of aliphatic hydroxyl groups is 8. The summed E-state index contributed by atoms with van der Waals surface area (Å²) in [6.07, 6.45) is 12.6. The first kappa shape index (κ1) is 50.6. The van der Waals surface area contributed by atoms with Gasteiger partial charge in [-0.2, -0.15) is 0 Å². The number of carbonyl (C=O) groups excluding carboxylic acids is 1. The van der Waals surface area contributed by atoms with E-state index < -0.39 is 86.8 Å². The molecule has 2 heterocycles. The maximum Gasteiger partial charge on any atom is 0.220 e. The Bertz CT molecular complexity index is 1050. The first-order valence-corrected chi connectivity index (χ1v) is 21.6. The summed E-state index contributed by atoms with van der Waals surface area (Å²) in [5, 5.41) is 86.1. The van der Waals surface area contributed by atoms with Crippen LogP contribution in [0.15, 0.2) is 24.3 Å². The van der Waals surface area contributed by atoms with Gasteiger partial charge in [0.15, 0.2) is 12.6 Å². The normalized spacial score (nSPS) is 29.6.